The molecule has 3 aromatic rings. The average Bonchev–Trinajstić information content (AvgIpc) is 3.07. The fraction of sp³-hybridized carbons (Fsp3) is 0.0769. The van der Waals surface area contributed by atoms with Crippen molar-refractivity contribution >= 4 is 39.5 Å². The highest BCUT2D eigenvalue weighted by atomic mass is 35.5. The van der Waals surface area contributed by atoms with Gasteiger partial charge >= 0.3 is 0 Å². The van der Waals surface area contributed by atoms with Crippen LogP contribution in [0.5, 0.6) is 0 Å². The maximum absolute atomic E-state index is 12.9. The Morgan fingerprint density at radius 3 is 2.68 bits per heavy atom. The van der Waals surface area contributed by atoms with Crippen molar-refractivity contribution in [1.29, 1.82) is 0 Å². The van der Waals surface area contributed by atoms with Gasteiger partial charge in [-0.05, 0) is 31.2 Å². The lowest BCUT2D eigenvalue weighted by Crippen LogP contribution is -1.99. The van der Waals surface area contributed by atoms with Crippen LogP contribution in [0, 0.1) is 12.7 Å². The molecule has 0 saturated carbocycles. The molecule has 2 heterocycles. The van der Waals surface area contributed by atoms with Crippen molar-refractivity contribution in [3.05, 3.63) is 51.8 Å². The third-order valence-corrected chi connectivity index (χ3v) is 3.96. The van der Waals surface area contributed by atoms with E-state index in [1.807, 2.05) is 0 Å². The second-order valence-electron chi connectivity index (χ2n) is 4.25. The van der Waals surface area contributed by atoms with Gasteiger partial charge in [-0.1, -0.05) is 28.1 Å². The maximum Gasteiger partial charge on any atom is 0.300 e. The van der Waals surface area contributed by atoms with E-state index in [1.165, 1.54) is 12.1 Å². The number of nitrogens with one attached hydrogen (secondary N) is 1. The fourth-order valence-electron chi connectivity index (χ4n) is 1.64. The number of anilines is 2. The minimum Gasteiger partial charge on any atom is -0.331 e. The topological polar surface area (TPSA) is 80.9 Å². The number of rotatable bonds is 4. The van der Waals surface area contributed by atoms with Crippen LogP contribution in [0.1, 0.15) is 21.4 Å². The molecule has 2 aromatic heterocycles. The molecule has 1 N–H and O–H groups in total. The SMILES string of the molecule is Cc1noc(C(=O)c2sc(Nc3ccc(F)cc3)nc2Cl)n1. The van der Waals surface area contributed by atoms with Crippen molar-refractivity contribution in [2.24, 2.45) is 0 Å². The first-order valence-corrected chi connectivity index (χ1v) is 7.26. The van der Waals surface area contributed by atoms with Crippen LogP contribution in [-0.2, 0) is 0 Å². The van der Waals surface area contributed by atoms with Crippen molar-refractivity contribution in [1.82, 2.24) is 15.1 Å². The zero-order valence-electron chi connectivity index (χ0n) is 11.1. The van der Waals surface area contributed by atoms with Crippen molar-refractivity contribution in [3.63, 3.8) is 0 Å². The van der Waals surface area contributed by atoms with Gasteiger partial charge in [0.05, 0.1) is 0 Å². The van der Waals surface area contributed by atoms with E-state index in [2.05, 4.69) is 20.4 Å². The number of carbonyl (C=O) groups is 1. The molecule has 0 aliphatic rings. The van der Waals surface area contributed by atoms with Gasteiger partial charge in [0.2, 0.25) is 0 Å². The molecular weight excluding hydrogens is 331 g/mol. The monoisotopic (exact) mass is 338 g/mol. The minimum absolute atomic E-state index is 0.0375. The molecule has 0 atom stereocenters. The molecule has 1 aromatic carbocycles. The van der Waals surface area contributed by atoms with E-state index in [-0.39, 0.29) is 21.7 Å². The van der Waals surface area contributed by atoms with Crippen LogP contribution in [-0.4, -0.2) is 20.9 Å². The number of aryl methyl sites for hydroxylation is 1. The molecule has 3 rings (SSSR count). The lowest BCUT2D eigenvalue weighted by atomic mass is 10.3. The van der Waals surface area contributed by atoms with Gasteiger partial charge in [0, 0.05) is 5.69 Å². The van der Waals surface area contributed by atoms with Gasteiger partial charge in [-0.15, -0.1) is 0 Å². The summed E-state index contributed by atoms with van der Waals surface area (Å²) < 4.78 is 17.7. The number of hydrogen-bond donors (Lipinski definition) is 1. The Morgan fingerprint density at radius 1 is 1.32 bits per heavy atom. The van der Waals surface area contributed by atoms with Crippen molar-refractivity contribution in [2.45, 2.75) is 6.92 Å². The number of halogens is 2. The van der Waals surface area contributed by atoms with Crippen LogP contribution >= 0.6 is 22.9 Å². The van der Waals surface area contributed by atoms with Gasteiger partial charge in [0.25, 0.3) is 11.7 Å². The predicted molar refractivity (Wildman–Crippen MR) is 79.3 cm³/mol. The average molecular weight is 339 g/mol. The summed E-state index contributed by atoms with van der Waals surface area (Å²) in [5.74, 6) is -0.620. The molecule has 9 heteroatoms. The molecule has 22 heavy (non-hydrogen) atoms. The summed E-state index contributed by atoms with van der Waals surface area (Å²) in [4.78, 5) is 20.3. The van der Waals surface area contributed by atoms with Gasteiger partial charge in [-0.3, -0.25) is 4.79 Å². The summed E-state index contributed by atoms with van der Waals surface area (Å²) in [6.07, 6.45) is 0. The Hall–Kier alpha value is -2.32. The molecule has 6 nitrogen and oxygen atoms in total. The molecule has 0 unspecified atom stereocenters. The molecule has 112 valence electrons. The van der Waals surface area contributed by atoms with Gasteiger partial charge < -0.3 is 9.84 Å². The molecule has 0 fully saturated rings. The van der Waals surface area contributed by atoms with Crippen LogP contribution in [0.3, 0.4) is 0 Å². The summed E-state index contributed by atoms with van der Waals surface area (Å²) >= 11 is 7.02. The standard InChI is InChI=1S/C13H8ClFN4O2S/c1-6-16-12(21-19-6)9(20)10-11(14)18-13(22-10)17-8-4-2-7(15)3-5-8/h2-5H,1H3,(H,17,18). The summed E-state index contributed by atoms with van der Waals surface area (Å²) in [6, 6.07) is 5.72. The van der Waals surface area contributed by atoms with Crippen LogP contribution in [0.15, 0.2) is 28.8 Å². The Morgan fingerprint density at radius 2 is 2.05 bits per heavy atom. The normalized spacial score (nSPS) is 10.7. The molecule has 0 amide bonds. The molecule has 0 aliphatic heterocycles. The molecule has 0 bridgehead atoms. The van der Waals surface area contributed by atoms with Gasteiger partial charge in [-0.25, -0.2) is 9.37 Å². The Bertz CT molecular complexity index is 831. The van der Waals surface area contributed by atoms with E-state index in [1.54, 1.807) is 19.1 Å². The van der Waals surface area contributed by atoms with Crippen molar-refractivity contribution in [2.75, 3.05) is 5.32 Å². The van der Waals surface area contributed by atoms with Crippen molar-refractivity contribution < 1.29 is 13.7 Å². The van der Waals surface area contributed by atoms with E-state index in [0.717, 1.165) is 11.3 Å². The van der Waals surface area contributed by atoms with Crippen LogP contribution in [0.25, 0.3) is 0 Å². The zero-order valence-corrected chi connectivity index (χ0v) is 12.7. The number of thiazole rings is 1. The molecule has 0 saturated heterocycles. The minimum atomic E-state index is -0.491. The van der Waals surface area contributed by atoms with Crippen molar-refractivity contribution in [3.8, 4) is 0 Å². The second kappa shape index (κ2) is 5.82. The Labute approximate surface area is 133 Å². The van der Waals surface area contributed by atoms with Gasteiger partial charge in [0.1, 0.15) is 10.7 Å². The number of carbonyl (C=O) groups excluding carboxylic acids is 1. The molecule has 0 radical (unpaired) electrons. The van der Waals surface area contributed by atoms with E-state index < -0.39 is 5.78 Å². The summed E-state index contributed by atoms with van der Waals surface area (Å²) in [5.41, 5.74) is 0.624. The van der Waals surface area contributed by atoms with Crippen LogP contribution < -0.4 is 5.32 Å². The maximum atomic E-state index is 12.9. The van der Waals surface area contributed by atoms with E-state index in [4.69, 9.17) is 16.1 Å². The smallest absolute Gasteiger partial charge is 0.300 e. The Kier molecular flexibility index (Phi) is 3.86. The highest BCUT2D eigenvalue weighted by molar-refractivity contribution is 7.18. The largest absolute Gasteiger partial charge is 0.331 e. The molecule has 0 spiro atoms. The number of benzene rings is 1. The van der Waals surface area contributed by atoms with E-state index >= 15 is 0 Å². The number of ketones is 1. The molecular formula is C13H8ClFN4O2S. The Balaban J connectivity index is 1.84. The summed E-state index contributed by atoms with van der Waals surface area (Å²) in [5, 5.41) is 6.94. The van der Waals surface area contributed by atoms with Crippen LogP contribution in [0.2, 0.25) is 5.15 Å². The first-order valence-electron chi connectivity index (χ1n) is 6.07. The quantitative estimate of drug-likeness (QED) is 0.732. The third kappa shape index (κ3) is 2.97. The zero-order chi connectivity index (χ0) is 15.7. The number of aromatic nitrogens is 3. The van der Waals surface area contributed by atoms with Gasteiger partial charge in [0.15, 0.2) is 16.1 Å². The predicted octanol–water partition coefficient (Wildman–Crippen LogP) is 3.60. The second-order valence-corrected chi connectivity index (χ2v) is 5.60. The summed E-state index contributed by atoms with van der Waals surface area (Å²) in [7, 11) is 0. The lowest BCUT2D eigenvalue weighted by molar-refractivity contribution is 0.0997. The van der Waals surface area contributed by atoms with Crippen LogP contribution in [0.4, 0.5) is 15.2 Å². The van der Waals surface area contributed by atoms with Gasteiger partial charge in [-0.2, -0.15) is 4.98 Å². The van der Waals surface area contributed by atoms with E-state index in [0.29, 0.717) is 16.6 Å². The number of nitrogens with zero attached hydrogens (tertiary/aromatic N) is 3. The third-order valence-electron chi connectivity index (χ3n) is 2.61. The first kappa shape index (κ1) is 14.6. The lowest BCUT2D eigenvalue weighted by Gasteiger charge is -2.00. The molecule has 0 aliphatic carbocycles. The van der Waals surface area contributed by atoms with E-state index in [9.17, 15) is 9.18 Å². The first-order chi connectivity index (χ1) is 10.5. The summed E-state index contributed by atoms with van der Waals surface area (Å²) in [6.45, 7) is 1.61. The highest BCUT2D eigenvalue weighted by Crippen LogP contribution is 2.30. The number of hydrogen-bond acceptors (Lipinski definition) is 7. The fourth-order valence-corrected chi connectivity index (χ4v) is 2.78. The highest BCUT2D eigenvalue weighted by Gasteiger charge is 2.23.